The maximum atomic E-state index is 13.0. The lowest BCUT2D eigenvalue weighted by Gasteiger charge is -2.45. The lowest BCUT2D eigenvalue weighted by molar-refractivity contribution is -0.212. The zero-order chi connectivity index (χ0) is 27.9. The quantitative estimate of drug-likeness (QED) is 0.282. The van der Waals surface area contributed by atoms with Gasteiger partial charge < -0.3 is 18.6 Å². The van der Waals surface area contributed by atoms with Gasteiger partial charge in [-0.1, -0.05) is 112 Å². The van der Waals surface area contributed by atoms with Gasteiger partial charge in [-0.05, 0) is 27.4 Å². The third kappa shape index (κ3) is 6.68. The van der Waals surface area contributed by atoms with Gasteiger partial charge in [0, 0.05) is 13.7 Å². The molecule has 3 aromatic carbocycles. The first kappa shape index (κ1) is 29.2. The van der Waals surface area contributed by atoms with E-state index in [0.717, 1.165) is 5.56 Å². The van der Waals surface area contributed by atoms with Gasteiger partial charge in [0.25, 0.3) is 8.32 Å². The molecule has 39 heavy (non-hydrogen) atoms. The van der Waals surface area contributed by atoms with E-state index in [1.807, 2.05) is 42.5 Å². The molecule has 1 heterocycles. The van der Waals surface area contributed by atoms with Gasteiger partial charge in [0.1, 0.15) is 6.04 Å². The molecule has 1 saturated heterocycles. The summed E-state index contributed by atoms with van der Waals surface area (Å²) in [7, 11) is 0.345. The number of methoxy groups -OCH3 is 2. The van der Waals surface area contributed by atoms with Crippen molar-refractivity contribution in [1.29, 1.82) is 0 Å². The molecule has 0 aliphatic carbocycles. The number of hydrogen-bond donors (Lipinski definition) is 0. The van der Waals surface area contributed by atoms with Crippen LogP contribution in [0.15, 0.2) is 91.0 Å². The highest BCUT2D eigenvalue weighted by Crippen LogP contribution is 2.37. The van der Waals surface area contributed by atoms with Crippen LogP contribution in [0, 0.1) is 0 Å². The number of ether oxygens (including phenoxy) is 3. The number of morpholine rings is 1. The summed E-state index contributed by atoms with van der Waals surface area (Å²) < 4.78 is 24.4. The Balaban J connectivity index is 1.63. The molecule has 6 nitrogen and oxygen atoms in total. The van der Waals surface area contributed by atoms with E-state index < -0.39 is 20.6 Å². The van der Waals surface area contributed by atoms with Crippen molar-refractivity contribution in [3.8, 4) is 0 Å². The van der Waals surface area contributed by atoms with E-state index >= 15 is 0 Å². The monoisotopic (exact) mass is 547 g/mol. The summed E-state index contributed by atoms with van der Waals surface area (Å²) in [6, 6.07) is 30.7. The molecule has 3 aromatic rings. The van der Waals surface area contributed by atoms with E-state index in [9.17, 15) is 4.79 Å². The van der Waals surface area contributed by atoms with E-state index in [1.165, 1.54) is 17.5 Å². The Bertz CT molecular complexity index is 1130. The molecule has 1 aliphatic heterocycles. The predicted molar refractivity (Wildman–Crippen MR) is 157 cm³/mol. The molecular formula is C32H41NO5Si. The molecular weight excluding hydrogens is 506 g/mol. The minimum Gasteiger partial charge on any atom is -0.468 e. The second kappa shape index (κ2) is 13.0. The van der Waals surface area contributed by atoms with Crippen LogP contribution in [0.1, 0.15) is 26.3 Å². The van der Waals surface area contributed by atoms with Gasteiger partial charge in [0.2, 0.25) is 0 Å². The molecule has 208 valence electrons. The van der Waals surface area contributed by atoms with Crippen LogP contribution in [0.5, 0.6) is 0 Å². The highest BCUT2D eigenvalue weighted by Gasteiger charge is 2.51. The predicted octanol–water partition coefficient (Wildman–Crippen LogP) is 4.02. The fourth-order valence-electron chi connectivity index (χ4n) is 5.62. The summed E-state index contributed by atoms with van der Waals surface area (Å²) in [5.41, 5.74) is 1.08. The number of rotatable bonds is 10. The minimum absolute atomic E-state index is 0.146. The number of hydrogen-bond acceptors (Lipinski definition) is 6. The Morgan fingerprint density at radius 3 is 1.92 bits per heavy atom. The fraction of sp³-hybridized carbons (Fsp3) is 0.406. The summed E-state index contributed by atoms with van der Waals surface area (Å²) >= 11 is 0. The molecule has 7 heteroatoms. The van der Waals surface area contributed by atoms with Crippen LogP contribution in [-0.2, 0) is 29.9 Å². The van der Waals surface area contributed by atoms with Crippen molar-refractivity contribution in [2.24, 2.45) is 0 Å². The highest BCUT2D eigenvalue weighted by molar-refractivity contribution is 6.99. The van der Waals surface area contributed by atoms with E-state index in [0.29, 0.717) is 26.1 Å². The summed E-state index contributed by atoms with van der Waals surface area (Å²) in [5, 5.41) is 2.29. The van der Waals surface area contributed by atoms with Crippen LogP contribution in [0.4, 0.5) is 0 Å². The smallest absolute Gasteiger partial charge is 0.323 e. The standard InChI is InChI=1S/C32H41NO5Si/c1-32(2,3)39(27-17-11-7-12-18-27,28-19-13-8-14-20-28)37-24-26-22-33(23-30(35-4)38-26)29(31(34)36-5)21-25-15-9-6-10-16-25/h6-20,26,29-30H,21-24H2,1-5H3/t26-,29-,30-/m0/s1. The summed E-state index contributed by atoms with van der Waals surface area (Å²) in [6.07, 6.45) is -0.214. The molecule has 0 bridgehead atoms. The van der Waals surface area contributed by atoms with Crippen LogP contribution in [0.3, 0.4) is 0 Å². The third-order valence-corrected chi connectivity index (χ3v) is 12.5. The SMILES string of the molecule is COC(=O)[C@H](Cc1ccccc1)N1C[C@@H](CO[Si](c2ccccc2)(c2ccccc2)C(C)(C)C)O[C@H](OC)C1. The van der Waals surface area contributed by atoms with E-state index in [2.05, 4.69) is 74.2 Å². The van der Waals surface area contributed by atoms with Crippen molar-refractivity contribution in [2.45, 2.75) is 50.7 Å². The summed E-state index contributed by atoms with van der Waals surface area (Å²) in [6.45, 7) is 8.17. The van der Waals surface area contributed by atoms with Gasteiger partial charge in [-0.3, -0.25) is 9.69 Å². The number of esters is 1. The highest BCUT2D eigenvalue weighted by atomic mass is 28.4. The van der Waals surface area contributed by atoms with Gasteiger partial charge in [0.05, 0.1) is 26.4 Å². The van der Waals surface area contributed by atoms with Crippen molar-refractivity contribution in [2.75, 3.05) is 33.9 Å². The van der Waals surface area contributed by atoms with Crippen LogP contribution in [0.25, 0.3) is 0 Å². The largest absolute Gasteiger partial charge is 0.468 e. The van der Waals surface area contributed by atoms with Gasteiger partial charge in [-0.25, -0.2) is 0 Å². The van der Waals surface area contributed by atoms with Crippen LogP contribution >= 0.6 is 0 Å². The van der Waals surface area contributed by atoms with Crippen molar-refractivity contribution in [3.05, 3.63) is 96.6 Å². The number of carbonyl (C=O) groups is 1. The van der Waals surface area contributed by atoms with E-state index in [1.54, 1.807) is 7.11 Å². The van der Waals surface area contributed by atoms with Crippen molar-refractivity contribution in [1.82, 2.24) is 4.90 Å². The zero-order valence-corrected chi connectivity index (χ0v) is 24.7. The first-order valence-corrected chi connectivity index (χ1v) is 15.5. The maximum absolute atomic E-state index is 13.0. The second-order valence-electron chi connectivity index (χ2n) is 11.1. The molecule has 3 atom stereocenters. The van der Waals surface area contributed by atoms with Crippen LogP contribution < -0.4 is 10.4 Å². The summed E-state index contributed by atoms with van der Waals surface area (Å²) in [5.74, 6) is -0.262. The molecule has 1 aliphatic rings. The molecule has 0 amide bonds. The molecule has 4 rings (SSSR count). The molecule has 0 radical (unpaired) electrons. The van der Waals surface area contributed by atoms with Gasteiger partial charge in [-0.2, -0.15) is 0 Å². The Labute approximate surface area is 234 Å². The molecule has 0 aromatic heterocycles. The summed E-state index contributed by atoms with van der Waals surface area (Å²) in [4.78, 5) is 15.1. The molecule has 0 N–H and O–H groups in total. The Kier molecular flexibility index (Phi) is 9.75. The zero-order valence-electron chi connectivity index (χ0n) is 23.7. The maximum Gasteiger partial charge on any atom is 0.323 e. The normalized spacial score (nSPS) is 19.4. The molecule has 0 unspecified atom stereocenters. The third-order valence-electron chi connectivity index (χ3n) is 7.52. The molecule has 0 spiro atoms. The van der Waals surface area contributed by atoms with Crippen molar-refractivity contribution >= 4 is 24.7 Å². The lowest BCUT2D eigenvalue weighted by atomic mass is 10.0. The second-order valence-corrected chi connectivity index (χ2v) is 15.4. The number of benzene rings is 3. The van der Waals surface area contributed by atoms with Gasteiger partial charge in [0.15, 0.2) is 6.29 Å². The number of carbonyl (C=O) groups excluding carboxylic acids is 1. The average Bonchev–Trinajstić information content (AvgIpc) is 2.96. The Morgan fingerprint density at radius 1 is 0.897 bits per heavy atom. The lowest BCUT2D eigenvalue weighted by Crippen LogP contribution is -2.67. The van der Waals surface area contributed by atoms with Crippen LogP contribution in [-0.4, -0.2) is 71.5 Å². The van der Waals surface area contributed by atoms with Crippen molar-refractivity contribution < 1.29 is 23.4 Å². The number of nitrogens with zero attached hydrogens (tertiary/aromatic N) is 1. The molecule has 0 saturated carbocycles. The first-order chi connectivity index (χ1) is 18.8. The van der Waals surface area contributed by atoms with Gasteiger partial charge >= 0.3 is 5.97 Å². The van der Waals surface area contributed by atoms with Gasteiger partial charge in [-0.15, -0.1) is 0 Å². The first-order valence-electron chi connectivity index (χ1n) is 13.6. The Morgan fingerprint density at radius 2 is 1.44 bits per heavy atom. The average molecular weight is 548 g/mol. The topological polar surface area (TPSA) is 57.2 Å². The van der Waals surface area contributed by atoms with Crippen LogP contribution in [0.2, 0.25) is 5.04 Å². The minimum atomic E-state index is -2.74. The van der Waals surface area contributed by atoms with E-state index in [-0.39, 0.29) is 17.1 Å². The van der Waals surface area contributed by atoms with Crippen molar-refractivity contribution in [3.63, 3.8) is 0 Å². The molecule has 1 fully saturated rings. The fourth-order valence-corrected chi connectivity index (χ4v) is 10.2. The van der Waals surface area contributed by atoms with E-state index in [4.69, 9.17) is 18.6 Å². The Hall–Kier alpha value is -2.81.